The lowest BCUT2D eigenvalue weighted by atomic mass is 9.96. The Labute approximate surface area is 103 Å². The van der Waals surface area contributed by atoms with Crippen molar-refractivity contribution < 1.29 is 14.7 Å². The van der Waals surface area contributed by atoms with Gasteiger partial charge in [-0.3, -0.25) is 9.59 Å². The first-order valence-corrected chi connectivity index (χ1v) is 6.16. The van der Waals surface area contributed by atoms with Crippen molar-refractivity contribution in [1.29, 1.82) is 0 Å². The van der Waals surface area contributed by atoms with Crippen LogP contribution in [0.1, 0.15) is 40.0 Å². The third-order valence-electron chi connectivity index (χ3n) is 2.82. The van der Waals surface area contributed by atoms with Crippen LogP contribution in [0.3, 0.4) is 0 Å². The van der Waals surface area contributed by atoms with Gasteiger partial charge in [-0.15, -0.1) is 0 Å². The summed E-state index contributed by atoms with van der Waals surface area (Å²) in [7, 11) is 0. The number of hydrogen-bond acceptors (Lipinski definition) is 3. The number of unbranched alkanes of at least 4 members (excludes halogenated alkanes) is 1. The average molecular weight is 244 g/mol. The van der Waals surface area contributed by atoms with E-state index in [1.807, 2.05) is 20.8 Å². The standard InChI is InChI=1S/C12H24N2O3/c1-4-5-6-10(13)11(15)14-7-9(8(2)3)12(16)17/h8-10H,4-7,13H2,1-3H3,(H,14,15)(H,16,17)/t9?,10-/m0/s1. The molecular formula is C12H24N2O3. The Morgan fingerprint density at radius 1 is 1.35 bits per heavy atom. The topological polar surface area (TPSA) is 92.4 Å². The van der Waals surface area contributed by atoms with Crippen molar-refractivity contribution in [3.63, 3.8) is 0 Å². The van der Waals surface area contributed by atoms with Gasteiger partial charge in [-0.05, 0) is 12.3 Å². The molecule has 0 aliphatic heterocycles. The predicted octanol–water partition coefficient (Wildman–Crippen LogP) is 0.977. The van der Waals surface area contributed by atoms with E-state index in [2.05, 4.69) is 5.32 Å². The number of carboxylic acid groups (broad SMARTS) is 1. The Morgan fingerprint density at radius 3 is 2.35 bits per heavy atom. The highest BCUT2D eigenvalue weighted by atomic mass is 16.4. The molecule has 0 aromatic heterocycles. The second-order valence-corrected chi connectivity index (χ2v) is 4.68. The van der Waals surface area contributed by atoms with Crippen molar-refractivity contribution in [1.82, 2.24) is 5.32 Å². The van der Waals surface area contributed by atoms with E-state index < -0.39 is 17.9 Å². The summed E-state index contributed by atoms with van der Waals surface area (Å²) < 4.78 is 0. The molecule has 0 spiro atoms. The van der Waals surface area contributed by atoms with Crippen LogP contribution < -0.4 is 11.1 Å². The lowest BCUT2D eigenvalue weighted by Gasteiger charge is -2.18. The fourth-order valence-corrected chi connectivity index (χ4v) is 1.50. The van der Waals surface area contributed by atoms with Crippen LogP contribution in [0, 0.1) is 11.8 Å². The smallest absolute Gasteiger partial charge is 0.308 e. The zero-order valence-corrected chi connectivity index (χ0v) is 10.9. The van der Waals surface area contributed by atoms with Crippen LogP contribution in [0.15, 0.2) is 0 Å². The van der Waals surface area contributed by atoms with Gasteiger partial charge >= 0.3 is 5.97 Å². The summed E-state index contributed by atoms with van der Waals surface area (Å²) in [6.45, 7) is 5.82. The lowest BCUT2D eigenvalue weighted by molar-refractivity contribution is -0.143. The van der Waals surface area contributed by atoms with Gasteiger partial charge < -0.3 is 16.2 Å². The van der Waals surface area contributed by atoms with Crippen molar-refractivity contribution >= 4 is 11.9 Å². The Bertz CT molecular complexity index is 254. The lowest BCUT2D eigenvalue weighted by Crippen LogP contribution is -2.44. The van der Waals surface area contributed by atoms with Gasteiger partial charge in [0.2, 0.25) is 5.91 Å². The molecule has 0 rings (SSSR count). The fraction of sp³-hybridized carbons (Fsp3) is 0.833. The van der Waals surface area contributed by atoms with E-state index >= 15 is 0 Å². The normalized spacial score (nSPS) is 14.4. The van der Waals surface area contributed by atoms with Crippen molar-refractivity contribution in [2.75, 3.05) is 6.54 Å². The first kappa shape index (κ1) is 15.9. The molecule has 5 heteroatoms. The zero-order valence-electron chi connectivity index (χ0n) is 10.9. The molecule has 0 bridgehead atoms. The maximum absolute atomic E-state index is 11.6. The number of carboxylic acids is 1. The molecule has 0 fully saturated rings. The molecule has 0 aromatic rings. The highest BCUT2D eigenvalue weighted by Crippen LogP contribution is 2.09. The van der Waals surface area contributed by atoms with Crippen molar-refractivity contribution in [3.05, 3.63) is 0 Å². The van der Waals surface area contributed by atoms with Crippen LogP contribution in [0.2, 0.25) is 0 Å². The number of aliphatic carboxylic acids is 1. The van der Waals surface area contributed by atoms with Crippen molar-refractivity contribution in [2.45, 2.75) is 46.1 Å². The Hall–Kier alpha value is -1.10. The monoisotopic (exact) mass is 244 g/mol. The maximum atomic E-state index is 11.6. The van der Waals surface area contributed by atoms with Gasteiger partial charge in [-0.1, -0.05) is 33.6 Å². The second kappa shape index (κ2) is 8.06. The molecule has 5 nitrogen and oxygen atoms in total. The number of carbonyl (C=O) groups excluding carboxylic acids is 1. The maximum Gasteiger partial charge on any atom is 0.308 e. The van der Waals surface area contributed by atoms with Gasteiger partial charge in [-0.25, -0.2) is 0 Å². The minimum Gasteiger partial charge on any atom is -0.481 e. The van der Waals surface area contributed by atoms with Gasteiger partial charge in [0, 0.05) is 6.54 Å². The molecule has 100 valence electrons. The Balaban J connectivity index is 4.08. The molecule has 0 saturated heterocycles. The van der Waals surface area contributed by atoms with Crippen LogP contribution >= 0.6 is 0 Å². The number of nitrogens with one attached hydrogen (secondary N) is 1. The van der Waals surface area contributed by atoms with Crippen LogP contribution in [0.25, 0.3) is 0 Å². The van der Waals surface area contributed by atoms with E-state index in [-0.39, 0.29) is 18.4 Å². The van der Waals surface area contributed by atoms with Crippen LogP contribution in [-0.2, 0) is 9.59 Å². The van der Waals surface area contributed by atoms with E-state index in [9.17, 15) is 9.59 Å². The third-order valence-corrected chi connectivity index (χ3v) is 2.82. The molecule has 0 aliphatic carbocycles. The van der Waals surface area contributed by atoms with Gasteiger partial charge in [-0.2, -0.15) is 0 Å². The summed E-state index contributed by atoms with van der Waals surface area (Å²) in [4.78, 5) is 22.5. The molecule has 0 aromatic carbocycles. The largest absolute Gasteiger partial charge is 0.481 e. The molecule has 0 aliphatic rings. The van der Waals surface area contributed by atoms with Crippen molar-refractivity contribution in [2.24, 2.45) is 17.6 Å². The minimum absolute atomic E-state index is 0.0142. The highest BCUT2D eigenvalue weighted by molar-refractivity contribution is 5.82. The van der Waals surface area contributed by atoms with E-state index in [1.54, 1.807) is 0 Å². The second-order valence-electron chi connectivity index (χ2n) is 4.68. The number of carbonyl (C=O) groups is 2. The number of rotatable bonds is 8. The molecule has 1 amide bonds. The van der Waals surface area contributed by atoms with Crippen molar-refractivity contribution in [3.8, 4) is 0 Å². The van der Waals surface area contributed by atoms with Gasteiger partial charge in [0.15, 0.2) is 0 Å². The summed E-state index contributed by atoms with van der Waals surface area (Å²) in [6.07, 6.45) is 2.54. The molecule has 0 radical (unpaired) electrons. The SMILES string of the molecule is CCCC[C@H](N)C(=O)NCC(C(=O)O)C(C)C. The first-order valence-electron chi connectivity index (χ1n) is 6.16. The number of nitrogens with two attached hydrogens (primary N) is 1. The van der Waals surface area contributed by atoms with Gasteiger partial charge in [0.25, 0.3) is 0 Å². The molecule has 0 heterocycles. The summed E-state index contributed by atoms with van der Waals surface area (Å²) in [6, 6.07) is -0.531. The molecule has 0 saturated carbocycles. The van der Waals surface area contributed by atoms with E-state index in [0.717, 1.165) is 12.8 Å². The van der Waals surface area contributed by atoms with Crippen LogP contribution in [0.4, 0.5) is 0 Å². The molecule has 4 N–H and O–H groups in total. The first-order chi connectivity index (χ1) is 7.90. The predicted molar refractivity (Wildman–Crippen MR) is 66.5 cm³/mol. The Morgan fingerprint density at radius 2 is 1.94 bits per heavy atom. The van der Waals surface area contributed by atoms with E-state index in [0.29, 0.717) is 6.42 Å². The van der Waals surface area contributed by atoms with Crippen LogP contribution in [0.5, 0.6) is 0 Å². The summed E-state index contributed by atoms with van der Waals surface area (Å²) in [5.41, 5.74) is 5.68. The molecular weight excluding hydrogens is 220 g/mol. The molecule has 17 heavy (non-hydrogen) atoms. The van der Waals surface area contributed by atoms with E-state index in [1.165, 1.54) is 0 Å². The van der Waals surface area contributed by atoms with Gasteiger partial charge in [0.1, 0.15) is 0 Å². The van der Waals surface area contributed by atoms with Gasteiger partial charge in [0.05, 0.1) is 12.0 Å². The molecule has 1 unspecified atom stereocenters. The average Bonchev–Trinajstić information content (AvgIpc) is 2.24. The quantitative estimate of drug-likeness (QED) is 0.593. The summed E-state index contributed by atoms with van der Waals surface area (Å²) in [5, 5.41) is 11.6. The summed E-state index contributed by atoms with van der Waals surface area (Å²) >= 11 is 0. The van der Waals surface area contributed by atoms with E-state index in [4.69, 9.17) is 10.8 Å². The Kier molecular flexibility index (Phi) is 7.54. The minimum atomic E-state index is -0.887. The third kappa shape index (κ3) is 6.26. The zero-order chi connectivity index (χ0) is 13.4. The summed E-state index contributed by atoms with van der Waals surface area (Å²) in [5.74, 6) is -1.72. The number of amides is 1. The highest BCUT2D eigenvalue weighted by Gasteiger charge is 2.23. The van der Waals surface area contributed by atoms with Crippen LogP contribution in [-0.4, -0.2) is 29.6 Å². The molecule has 2 atom stereocenters. The number of hydrogen-bond donors (Lipinski definition) is 3. The fourth-order valence-electron chi connectivity index (χ4n) is 1.50.